The number of hydrogen-bond acceptors (Lipinski definition) is 6. The molecule has 32 heavy (non-hydrogen) atoms. The van der Waals surface area contributed by atoms with Gasteiger partial charge in [0, 0.05) is 12.4 Å². The van der Waals surface area contributed by atoms with Crippen molar-refractivity contribution in [3.8, 4) is 28.6 Å². The molecule has 1 aliphatic rings. The van der Waals surface area contributed by atoms with Crippen molar-refractivity contribution in [2.24, 2.45) is 0 Å². The van der Waals surface area contributed by atoms with E-state index in [2.05, 4.69) is 14.7 Å². The van der Waals surface area contributed by atoms with Gasteiger partial charge in [0.2, 0.25) is 0 Å². The van der Waals surface area contributed by atoms with Gasteiger partial charge in [-0.2, -0.15) is 0 Å². The maximum absolute atomic E-state index is 13.1. The van der Waals surface area contributed by atoms with Gasteiger partial charge < -0.3 is 19.1 Å². The number of aromatic nitrogens is 2. The molecule has 0 unspecified atom stereocenters. The van der Waals surface area contributed by atoms with Crippen molar-refractivity contribution in [2.75, 3.05) is 26.3 Å². The van der Waals surface area contributed by atoms with E-state index in [0.717, 1.165) is 0 Å². The molecule has 0 saturated carbocycles. The van der Waals surface area contributed by atoms with Gasteiger partial charge in [0.25, 0.3) is 5.91 Å². The largest absolute Gasteiger partial charge is 0.573 e. The normalized spacial score (nSPS) is 13.7. The highest BCUT2D eigenvalue weighted by Gasteiger charge is 2.31. The molecule has 2 heterocycles. The Labute approximate surface area is 181 Å². The molecule has 1 aliphatic heterocycles. The maximum atomic E-state index is 13.1. The molecule has 1 amide bonds. The van der Waals surface area contributed by atoms with Crippen LogP contribution in [0.4, 0.5) is 13.2 Å². The second-order valence-corrected chi connectivity index (χ2v) is 6.80. The van der Waals surface area contributed by atoms with Crippen molar-refractivity contribution < 1.29 is 32.2 Å². The standard InChI is InChI=1S/C22H18F3N3O4/c23-22(24,25)32-17-5-2-15(3-6-17)16-4-7-19-18(14-16)20(29)28(10-12-30-19)11-13-31-21-26-8-1-9-27-21/h1-9,14H,10-13H2. The van der Waals surface area contributed by atoms with Crippen LogP contribution >= 0.6 is 0 Å². The average Bonchev–Trinajstić information content (AvgIpc) is 2.93. The highest BCUT2D eigenvalue weighted by Crippen LogP contribution is 2.31. The van der Waals surface area contributed by atoms with Crippen molar-refractivity contribution in [1.82, 2.24) is 14.9 Å². The SMILES string of the molecule is O=C1c2cc(-c3ccc(OC(F)(F)F)cc3)ccc2OCCN1CCOc1ncccn1. The van der Waals surface area contributed by atoms with E-state index in [-0.39, 0.29) is 24.3 Å². The second-order valence-electron chi connectivity index (χ2n) is 6.80. The number of nitrogens with zero attached hydrogens (tertiary/aromatic N) is 3. The molecular formula is C22H18F3N3O4. The first-order valence-electron chi connectivity index (χ1n) is 9.71. The van der Waals surface area contributed by atoms with Crippen molar-refractivity contribution in [1.29, 1.82) is 0 Å². The van der Waals surface area contributed by atoms with Gasteiger partial charge >= 0.3 is 12.4 Å². The van der Waals surface area contributed by atoms with Crippen molar-refractivity contribution in [2.45, 2.75) is 6.36 Å². The Morgan fingerprint density at radius 2 is 1.75 bits per heavy atom. The van der Waals surface area contributed by atoms with Crippen LogP contribution in [-0.4, -0.2) is 53.4 Å². The molecule has 0 saturated heterocycles. The topological polar surface area (TPSA) is 73.8 Å². The van der Waals surface area contributed by atoms with Gasteiger partial charge in [-0.1, -0.05) is 18.2 Å². The molecule has 4 rings (SSSR count). The predicted octanol–water partition coefficient (Wildman–Crippen LogP) is 3.96. The van der Waals surface area contributed by atoms with E-state index in [0.29, 0.717) is 42.1 Å². The molecule has 0 fully saturated rings. The Morgan fingerprint density at radius 1 is 1.03 bits per heavy atom. The van der Waals surface area contributed by atoms with E-state index < -0.39 is 6.36 Å². The first kappa shape index (κ1) is 21.4. The van der Waals surface area contributed by atoms with Crippen LogP contribution in [0.2, 0.25) is 0 Å². The fourth-order valence-electron chi connectivity index (χ4n) is 3.21. The van der Waals surface area contributed by atoms with Gasteiger partial charge in [0.15, 0.2) is 0 Å². The van der Waals surface area contributed by atoms with E-state index >= 15 is 0 Å². The highest BCUT2D eigenvalue weighted by atomic mass is 19.4. The number of rotatable bonds is 6. The van der Waals surface area contributed by atoms with Crippen molar-refractivity contribution >= 4 is 5.91 Å². The molecule has 10 heteroatoms. The first-order chi connectivity index (χ1) is 15.4. The quantitative estimate of drug-likeness (QED) is 0.572. The van der Waals surface area contributed by atoms with Gasteiger partial charge in [-0.15, -0.1) is 13.2 Å². The molecule has 0 N–H and O–H groups in total. The molecule has 0 radical (unpaired) electrons. The number of amides is 1. The third-order valence-electron chi connectivity index (χ3n) is 4.67. The third kappa shape index (κ3) is 5.26. The zero-order chi connectivity index (χ0) is 22.6. The molecule has 7 nitrogen and oxygen atoms in total. The minimum absolute atomic E-state index is 0.214. The number of fused-ring (bicyclic) bond motifs is 1. The highest BCUT2D eigenvalue weighted by molar-refractivity contribution is 5.98. The van der Waals surface area contributed by atoms with Crippen LogP contribution in [0.15, 0.2) is 60.9 Å². The van der Waals surface area contributed by atoms with Crippen LogP contribution in [0.1, 0.15) is 10.4 Å². The molecular weight excluding hydrogens is 427 g/mol. The fraction of sp³-hybridized carbons (Fsp3) is 0.227. The van der Waals surface area contributed by atoms with E-state index in [1.54, 1.807) is 41.6 Å². The Kier molecular flexibility index (Phi) is 6.11. The predicted molar refractivity (Wildman–Crippen MR) is 107 cm³/mol. The molecule has 3 aromatic rings. The van der Waals surface area contributed by atoms with E-state index in [1.807, 2.05) is 0 Å². The van der Waals surface area contributed by atoms with Gasteiger partial charge in [-0.3, -0.25) is 4.79 Å². The van der Waals surface area contributed by atoms with Gasteiger partial charge in [-0.25, -0.2) is 9.97 Å². The number of benzene rings is 2. The lowest BCUT2D eigenvalue weighted by Crippen LogP contribution is -2.35. The van der Waals surface area contributed by atoms with Gasteiger partial charge in [0.05, 0.1) is 18.7 Å². The molecule has 0 bridgehead atoms. The minimum atomic E-state index is -4.75. The van der Waals surface area contributed by atoms with E-state index in [1.165, 1.54) is 24.3 Å². The van der Waals surface area contributed by atoms with E-state index in [9.17, 15) is 18.0 Å². The summed E-state index contributed by atoms with van der Waals surface area (Å²) >= 11 is 0. The zero-order valence-corrected chi connectivity index (χ0v) is 16.7. The summed E-state index contributed by atoms with van der Waals surface area (Å²) in [4.78, 5) is 22.6. The average molecular weight is 445 g/mol. The van der Waals surface area contributed by atoms with Crippen LogP contribution in [0.5, 0.6) is 17.5 Å². The summed E-state index contributed by atoms with van der Waals surface area (Å²) in [6.07, 6.45) is -1.63. The Morgan fingerprint density at radius 3 is 2.47 bits per heavy atom. The number of halogens is 3. The summed E-state index contributed by atoms with van der Waals surface area (Å²) < 4.78 is 52.2. The van der Waals surface area contributed by atoms with Crippen molar-refractivity contribution in [3.05, 3.63) is 66.5 Å². The number of ether oxygens (including phenoxy) is 3. The van der Waals surface area contributed by atoms with Crippen LogP contribution in [0.25, 0.3) is 11.1 Å². The van der Waals surface area contributed by atoms with Crippen LogP contribution in [0.3, 0.4) is 0 Å². The Hall–Kier alpha value is -3.82. The maximum Gasteiger partial charge on any atom is 0.573 e. The summed E-state index contributed by atoms with van der Waals surface area (Å²) in [5.41, 5.74) is 1.66. The lowest BCUT2D eigenvalue weighted by Gasteiger charge is -2.19. The Bertz CT molecular complexity index is 1080. The summed E-state index contributed by atoms with van der Waals surface area (Å²) in [5.74, 6) is -0.0940. The molecule has 2 aromatic carbocycles. The molecule has 166 valence electrons. The monoisotopic (exact) mass is 445 g/mol. The minimum Gasteiger partial charge on any atom is -0.491 e. The number of alkyl halides is 3. The lowest BCUT2D eigenvalue weighted by atomic mass is 10.0. The molecule has 0 spiro atoms. The van der Waals surface area contributed by atoms with Crippen LogP contribution < -0.4 is 14.2 Å². The number of hydrogen-bond donors (Lipinski definition) is 0. The summed E-state index contributed by atoms with van der Waals surface area (Å²) in [6, 6.07) is 12.4. The summed E-state index contributed by atoms with van der Waals surface area (Å²) in [6.45, 7) is 1.23. The van der Waals surface area contributed by atoms with Gasteiger partial charge in [0.1, 0.15) is 24.7 Å². The summed E-state index contributed by atoms with van der Waals surface area (Å²) in [5, 5.41) is 0. The van der Waals surface area contributed by atoms with Gasteiger partial charge in [-0.05, 0) is 41.5 Å². The van der Waals surface area contributed by atoms with Crippen LogP contribution in [-0.2, 0) is 0 Å². The molecule has 0 aliphatic carbocycles. The summed E-state index contributed by atoms with van der Waals surface area (Å²) in [7, 11) is 0. The Balaban J connectivity index is 1.48. The molecule has 1 aromatic heterocycles. The third-order valence-corrected chi connectivity index (χ3v) is 4.67. The second kappa shape index (κ2) is 9.13. The lowest BCUT2D eigenvalue weighted by molar-refractivity contribution is -0.274. The van der Waals surface area contributed by atoms with Crippen LogP contribution in [0, 0.1) is 0 Å². The zero-order valence-electron chi connectivity index (χ0n) is 16.7. The number of carbonyl (C=O) groups excluding carboxylic acids is 1. The fourth-order valence-corrected chi connectivity index (χ4v) is 3.21. The van der Waals surface area contributed by atoms with E-state index in [4.69, 9.17) is 9.47 Å². The molecule has 0 atom stereocenters. The number of carbonyl (C=O) groups is 1. The van der Waals surface area contributed by atoms with Crippen molar-refractivity contribution in [3.63, 3.8) is 0 Å². The smallest absolute Gasteiger partial charge is 0.491 e. The first-order valence-corrected chi connectivity index (χ1v) is 9.71.